The molecule has 0 unspecified atom stereocenters. The average Bonchev–Trinajstić information content (AvgIpc) is 3.42. The first-order valence-corrected chi connectivity index (χ1v) is 9.29. The van der Waals surface area contributed by atoms with Crippen molar-refractivity contribution in [3.8, 4) is 11.4 Å². The van der Waals surface area contributed by atoms with Gasteiger partial charge in [0.05, 0.1) is 6.26 Å². The number of alkyl halides is 3. The minimum atomic E-state index is -4.73. The van der Waals surface area contributed by atoms with Gasteiger partial charge in [-0.15, -0.1) is 0 Å². The van der Waals surface area contributed by atoms with E-state index in [1.165, 1.54) is 12.1 Å². The predicted octanol–water partition coefficient (Wildman–Crippen LogP) is 4.37. The maximum Gasteiger partial charge on any atom is 0.471 e. The number of halogens is 3. The molecular formula is C21H17F3N4O3. The van der Waals surface area contributed by atoms with Crippen molar-refractivity contribution in [1.82, 2.24) is 15.5 Å². The highest BCUT2D eigenvalue weighted by molar-refractivity contribution is 5.95. The Morgan fingerprint density at radius 2 is 2.00 bits per heavy atom. The van der Waals surface area contributed by atoms with E-state index in [1.54, 1.807) is 18.4 Å². The minimum absolute atomic E-state index is 0.239. The van der Waals surface area contributed by atoms with E-state index in [-0.39, 0.29) is 22.9 Å². The summed E-state index contributed by atoms with van der Waals surface area (Å²) < 4.78 is 47.5. The summed E-state index contributed by atoms with van der Waals surface area (Å²) in [7, 11) is 1.91. The van der Waals surface area contributed by atoms with Gasteiger partial charge in [-0.05, 0) is 36.4 Å². The second-order valence-electron chi connectivity index (χ2n) is 6.82. The van der Waals surface area contributed by atoms with Crippen LogP contribution in [0.25, 0.3) is 22.4 Å². The summed E-state index contributed by atoms with van der Waals surface area (Å²) in [6.07, 6.45) is -3.10. The van der Waals surface area contributed by atoms with Gasteiger partial charge in [0.1, 0.15) is 5.58 Å². The van der Waals surface area contributed by atoms with Crippen LogP contribution in [0.15, 0.2) is 63.7 Å². The fraction of sp³-hybridized carbons (Fsp3) is 0.190. The van der Waals surface area contributed by atoms with Crippen LogP contribution in [-0.4, -0.2) is 36.2 Å². The number of carbonyl (C=O) groups is 1. The Kier molecular flexibility index (Phi) is 5.37. The standard InChI is InChI=1S/C21H17F3N4O3/c1-28(16-5-6-17-13(12-16)7-10-30-17)9-8-25-19(29)15-4-2-3-14(11-15)18-26-20(31-27-18)21(22,23)24/h2-7,10-12H,8-9H2,1H3,(H,25,29). The van der Waals surface area contributed by atoms with Gasteiger partial charge in [0.15, 0.2) is 0 Å². The van der Waals surface area contributed by atoms with Crippen molar-refractivity contribution in [1.29, 1.82) is 0 Å². The number of hydrogen-bond acceptors (Lipinski definition) is 6. The third-order valence-corrected chi connectivity index (χ3v) is 4.66. The zero-order chi connectivity index (χ0) is 22.0. The molecular weight excluding hydrogens is 413 g/mol. The highest BCUT2D eigenvalue weighted by Crippen LogP contribution is 2.29. The van der Waals surface area contributed by atoms with E-state index in [1.807, 2.05) is 36.2 Å². The van der Waals surface area contributed by atoms with E-state index in [4.69, 9.17) is 4.42 Å². The molecule has 4 rings (SSSR count). The normalized spacial score (nSPS) is 11.6. The molecule has 0 bridgehead atoms. The molecule has 0 saturated heterocycles. The second-order valence-corrected chi connectivity index (χ2v) is 6.82. The molecule has 0 aliphatic carbocycles. The van der Waals surface area contributed by atoms with Crippen LogP contribution >= 0.6 is 0 Å². The third-order valence-electron chi connectivity index (χ3n) is 4.66. The van der Waals surface area contributed by atoms with Crippen LogP contribution < -0.4 is 10.2 Å². The lowest BCUT2D eigenvalue weighted by Crippen LogP contribution is -2.33. The van der Waals surface area contributed by atoms with Crippen LogP contribution in [0.3, 0.4) is 0 Å². The highest BCUT2D eigenvalue weighted by atomic mass is 19.4. The van der Waals surface area contributed by atoms with Crippen molar-refractivity contribution in [2.45, 2.75) is 6.18 Å². The Balaban J connectivity index is 1.37. The van der Waals surface area contributed by atoms with Crippen molar-refractivity contribution in [2.75, 3.05) is 25.0 Å². The third kappa shape index (κ3) is 4.52. The van der Waals surface area contributed by atoms with E-state index in [0.29, 0.717) is 13.1 Å². The Hall–Kier alpha value is -3.82. The van der Waals surface area contributed by atoms with Crippen LogP contribution in [0.2, 0.25) is 0 Å². The minimum Gasteiger partial charge on any atom is -0.464 e. The number of likely N-dealkylation sites (N-methyl/N-ethyl adjacent to an activating group) is 1. The van der Waals surface area contributed by atoms with Crippen LogP contribution in [0.5, 0.6) is 0 Å². The van der Waals surface area contributed by atoms with Crippen molar-refractivity contribution >= 4 is 22.6 Å². The molecule has 0 aliphatic heterocycles. The number of nitrogens with one attached hydrogen (secondary N) is 1. The maximum absolute atomic E-state index is 12.6. The largest absolute Gasteiger partial charge is 0.471 e. The van der Waals surface area contributed by atoms with Gasteiger partial charge in [-0.25, -0.2) is 0 Å². The van der Waals surface area contributed by atoms with Crippen LogP contribution in [0, 0.1) is 0 Å². The lowest BCUT2D eigenvalue weighted by atomic mass is 10.1. The van der Waals surface area contributed by atoms with Crippen LogP contribution in [0.1, 0.15) is 16.2 Å². The summed E-state index contributed by atoms with van der Waals surface area (Å²) in [5, 5.41) is 7.12. The number of rotatable bonds is 6. The van der Waals surface area contributed by atoms with Crippen LogP contribution in [0.4, 0.5) is 18.9 Å². The number of benzene rings is 2. The van der Waals surface area contributed by atoms with Gasteiger partial charge in [0, 0.05) is 42.3 Å². The second kappa shape index (κ2) is 8.13. The molecule has 0 fully saturated rings. The Morgan fingerprint density at radius 3 is 2.77 bits per heavy atom. The summed E-state index contributed by atoms with van der Waals surface area (Å²) in [6.45, 7) is 0.915. The summed E-state index contributed by atoms with van der Waals surface area (Å²) in [6, 6.07) is 13.7. The summed E-state index contributed by atoms with van der Waals surface area (Å²) in [4.78, 5) is 17.8. The van der Waals surface area contributed by atoms with Crippen molar-refractivity contribution in [2.24, 2.45) is 0 Å². The van der Waals surface area contributed by atoms with E-state index in [2.05, 4.69) is 20.0 Å². The predicted molar refractivity (Wildman–Crippen MR) is 107 cm³/mol. The monoisotopic (exact) mass is 430 g/mol. The van der Waals surface area contributed by atoms with Gasteiger partial charge in [-0.1, -0.05) is 17.3 Å². The highest BCUT2D eigenvalue weighted by Gasteiger charge is 2.38. The van der Waals surface area contributed by atoms with Crippen molar-refractivity contribution in [3.05, 3.63) is 66.2 Å². The SMILES string of the molecule is CN(CCNC(=O)c1cccc(-c2noc(C(F)(F)F)n2)c1)c1ccc2occc2c1. The van der Waals surface area contributed by atoms with Gasteiger partial charge < -0.3 is 19.2 Å². The number of furan rings is 1. The molecule has 0 aliphatic rings. The zero-order valence-corrected chi connectivity index (χ0v) is 16.3. The molecule has 10 heteroatoms. The summed E-state index contributed by atoms with van der Waals surface area (Å²) >= 11 is 0. The van der Waals surface area contributed by atoms with E-state index in [9.17, 15) is 18.0 Å². The molecule has 1 amide bonds. The van der Waals surface area contributed by atoms with Gasteiger partial charge in [0.25, 0.3) is 5.91 Å². The van der Waals surface area contributed by atoms with Crippen molar-refractivity contribution < 1.29 is 26.9 Å². The number of anilines is 1. The zero-order valence-electron chi connectivity index (χ0n) is 16.3. The molecule has 4 aromatic rings. The molecule has 0 atom stereocenters. The molecule has 160 valence electrons. The topological polar surface area (TPSA) is 84.4 Å². The van der Waals surface area contributed by atoms with Gasteiger partial charge in [0.2, 0.25) is 5.82 Å². The first kappa shape index (κ1) is 20.5. The van der Waals surface area contributed by atoms with E-state index >= 15 is 0 Å². The fourth-order valence-electron chi connectivity index (χ4n) is 3.02. The van der Waals surface area contributed by atoms with Gasteiger partial charge in [-0.2, -0.15) is 18.2 Å². The maximum atomic E-state index is 12.6. The lowest BCUT2D eigenvalue weighted by Gasteiger charge is -2.19. The Labute approximate surface area is 174 Å². The van der Waals surface area contributed by atoms with Gasteiger partial charge >= 0.3 is 12.1 Å². The Morgan fingerprint density at radius 1 is 1.16 bits per heavy atom. The molecule has 7 nitrogen and oxygen atoms in total. The number of aromatic nitrogens is 2. The van der Waals surface area contributed by atoms with E-state index in [0.717, 1.165) is 16.7 Å². The average molecular weight is 430 g/mol. The number of amides is 1. The lowest BCUT2D eigenvalue weighted by molar-refractivity contribution is -0.159. The number of hydrogen-bond donors (Lipinski definition) is 1. The molecule has 2 aromatic heterocycles. The molecule has 0 saturated carbocycles. The first-order valence-electron chi connectivity index (χ1n) is 9.29. The van der Waals surface area contributed by atoms with Crippen molar-refractivity contribution in [3.63, 3.8) is 0 Å². The number of carbonyl (C=O) groups excluding carboxylic acids is 1. The Bertz CT molecular complexity index is 1220. The van der Waals surface area contributed by atoms with Crippen LogP contribution in [-0.2, 0) is 6.18 Å². The molecule has 2 heterocycles. The number of nitrogens with zero attached hydrogens (tertiary/aromatic N) is 3. The molecule has 2 aromatic carbocycles. The molecule has 0 spiro atoms. The summed E-state index contributed by atoms with van der Waals surface area (Å²) in [5.74, 6) is -2.04. The molecule has 31 heavy (non-hydrogen) atoms. The smallest absolute Gasteiger partial charge is 0.464 e. The first-order chi connectivity index (χ1) is 14.8. The molecule has 0 radical (unpaired) electrons. The quantitative estimate of drug-likeness (QED) is 0.489. The summed E-state index contributed by atoms with van der Waals surface area (Å²) in [5.41, 5.74) is 2.30. The number of fused-ring (bicyclic) bond motifs is 1. The van der Waals surface area contributed by atoms with E-state index < -0.39 is 12.1 Å². The molecule has 1 N–H and O–H groups in total. The fourth-order valence-corrected chi connectivity index (χ4v) is 3.02. The van der Waals surface area contributed by atoms with Gasteiger partial charge in [-0.3, -0.25) is 4.79 Å².